The molecule has 0 saturated carbocycles. The topological polar surface area (TPSA) is 136 Å². The zero-order chi connectivity index (χ0) is 26.1. The number of carbonyl (C=O) groups is 3. The smallest absolute Gasteiger partial charge is 0.407 e. The van der Waals surface area contributed by atoms with Crippen molar-refractivity contribution in [2.75, 3.05) is 57.3 Å². The Kier molecular flexibility index (Phi) is 10.7. The molecule has 3 heterocycles. The molecule has 2 saturated heterocycles. The SMILES string of the molecule is CCCCOC(=O)N[C@@H](CNC(=O)c1sc(N2CCN(C3CCNCC3)CC2)nc1C(C)C)C(=O)O. The Hall–Kier alpha value is -2.44. The molecule has 4 N–H and O–H groups in total. The molecule has 0 aliphatic carbocycles. The zero-order valence-electron chi connectivity index (χ0n) is 21.5. The monoisotopic (exact) mass is 524 g/mol. The zero-order valence-corrected chi connectivity index (χ0v) is 22.4. The predicted molar refractivity (Wildman–Crippen MR) is 139 cm³/mol. The second-order valence-electron chi connectivity index (χ2n) is 9.60. The molecule has 1 aromatic heterocycles. The predicted octanol–water partition coefficient (Wildman–Crippen LogP) is 1.85. The molecule has 2 fully saturated rings. The van der Waals surface area contributed by atoms with E-state index in [-0.39, 0.29) is 25.0 Å². The van der Waals surface area contributed by atoms with Crippen molar-refractivity contribution < 1.29 is 24.2 Å². The summed E-state index contributed by atoms with van der Waals surface area (Å²) in [6.45, 7) is 11.7. The van der Waals surface area contributed by atoms with Crippen LogP contribution in [-0.4, -0.2) is 97.5 Å². The second kappa shape index (κ2) is 13.8. The molecule has 2 amide bonds. The van der Waals surface area contributed by atoms with Gasteiger partial charge in [0.05, 0.1) is 12.3 Å². The fourth-order valence-corrected chi connectivity index (χ4v) is 5.62. The number of nitrogens with one attached hydrogen (secondary N) is 3. The number of thiazole rings is 1. The summed E-state index contributed by atoms with van der Waals surface area (Å²) in [5.41, 5.74) is 0.701. The molecule has 0 radical (unpaired) electrons. The first-order valence-corrected chi connectivity index (χ1v) is 13.8. The third-order valence-corrected chi connectivity index (χ3v) is 7.72. The van der Waals surface area contributed by atoms with Gasteiger partial charge in [-0.2, -0.15) is 0 Å². The van der Waals surface area contributed by atoms with Crippen molar-refractivity contribution in [2.24, 2.45) is 0 Å². The van der Waals surface area contributed by atoms with Crippen LogP contribution in [0.4, 0.5) is 9.93 Å². The largest absolute Gasteiger partial charge is 0.480 e. The summed E-state index contributed by atoms with van der Waals surface area (Å²) < 4.78 is 4.98. The Morgan fingerprint density at radius 3 is 2.50 bits per heavy atom. The van der Waals surface area contributed by atoms with Gasteiger partial charge in [0.2, 0.25) is 0 Å². The number of aliphatic carboxylic acids is 1. The number of carboxylic acids is 1. The molecular weight excluding hydrogens is 484 g/mol. The molecule has 12 heteroatoms. The Bertz CT molecular complexity index is 880. The number of anilines is 1. The number of nitrogens with zero attached hydrogens (tertiary/aromatic N) is 3. The third kappa shape index (κ3) is 7.78. The van der Waals surface area contributed by atoms with E-state index in [2.05, 4.69) is 25.8 Å². The molecule has 3 rings (SSSR count). The number of unbranched alkanes of at least 4 members (excludes halogenated alkanes) is 1. The van der Waals surface area contributed by atoms with Crippen LogP contribution in [-0.2, 0) is 9.53 Å². The quantitative estimate of drug-likeness (QED) is 0.320. The highest BCUT2D eigenvalue weighted by atomic mass is 32.1. The molecule has 11 nitrogen and oxygen atoms in total. The van der Waals surface area contributed by atoms with Gasteiger partial charge in [-0.25, -0.2) is 14.6 Å². The number of rotatable bonds is 11. The highest BCUT2D eigenvalue weighted by molar-refractivity contribution is 7.17. The summed E-state index contributed by atoms with van der Waals surface area (Å²) in [5.74, 6) is -1.60. The fraction of sp³-hybridized carbons (Fsp3) is 0.750. The normalized spacial score (nSPS) is 18.2. The number of amides is 2. The van der Waals surface area contributed by atoms with Gasteiger partial charge in [-0.15, -0.1) is 0 Å². The molecule has 0 aromatic carbocycles. The maximum Gasteiger partial charge on any atom is 0.407 e. The minimum absolute atomic E-state index is 0.0358. The molecular formula is C24H40N6O5S. The average Bonchev–Trinajstić information content (AvgIpc) is 3.33. The number of piperazine rings is 1. The summed E-state index contributed by atoms with van der Waals surface area (Å²) in [4.78, 5) is 46.6. The number of carbonyl (C=O) groups excluding carboxylic acids is 2. The Balaban J connectivity index is 1.58. The number of aromatic nitrogens is 1. The summed E-state index contributed by atoms with van der Waals surface area (Å²) in [6.07, 6.45) is 3.11. The van der Waals surface area contributed by atoms with E-state index in [9.17, 15) is 19.5 Å². The van der Waals surface area contributed by atoms with Gasteiger partial charge in [0.1, 0.15) is 10.9 Å². The maximum atomic E-state index is 13.0. The average molecular weight is 525 g/mol. The summed E-state index contributed by atoms with van der Waals surface area (Å²) in [5, 5.41) is 18.7. The van der Waals surface area contributed by atoms with Crippen molar-refractivity contribution in [3.63, 3.8) is 0 Å². The van der Waals surface area contributed by atoms with E-state index in [1.807, 2.05) is 20.8 Å². The lowest BCUT2D eigenvalue weighted by Crippen LogP contribution is -2.52. The first-order chi connectivity index (χ1) is 17.3. The van der Waals surface area contributed by atoms with E-state index >= 15 is 0 Å². The van der Waals surface area contributed by atoms with Crippen LogP contribution in [0.2, 0.25) is 0 Å². The minimum Gasteiger partial charge on any atom is -0.480 e. The van der Waals surface area contributed by atoms with Crippen LogP contribution in [0.1, 0.15) is 67.7 Å². The van der Waals surface area contributed by atoms with E-state index in [1.54, 1.807) is 0 Å². The van der Waals surface area contributed by atoms with Crippen LogP contribution < -0.4 is 20.9 Å². The molecule has 2 aliphatic heterocycles. The molecule has 1 atom stereocenters. The van der Waals surface area contributed by atoms with Crippen LogP contribution in [0.5, 0.6) is 0 Å². The van der Waals surface area contributed by atoms with E-state index in [0.29, 0.717) is 23.0 Å². The summed E-state index contributed by atoms with van der Waals surface area (Å²) >= 11 is 1.34. The first-order valence-electron chi connectivity index (χ1n) is 12.9. The Morgan fingerprint density at radius 2 is 1.89 bits per heavy atom. The lowest BCUT2D eigenvalue weighted by Gasteiger charge is -2.40. The number of carboxylic acid groups (broad SMARTS) is 1. The van der Waals surface area contributed by atoms with Gasteiger partial charge in [0.15, 0.2) is 5.13 Å². The molecule has 36 heavy (non-hydrogen) atoms. The van der Waals surface area contributed by atoms with Crippen LogP contribution in [0.15, 0.2) is 0 Å². The van der Waals surface area contributed by atoms with E-state index in [1.165, 1.54) is 24.2 Å². The highest BCUT2D eigenvalue weighted by Crippen LogP contribution is 2.31. The van der Waals surface area contributed by atoms with Gasteiger partial charge in [0, 0.05) is 38.8 Å². The Morgan fingerprint density at radius 1 is 1.19 bits per heavy atom. The standard InChI is InChI=1S/C24H40N6O5S/c1-4-5-14-35-24(34)27-18(22(32)33)15-26-21(31)20-19(16(2)3)28-23(36-20)30-12-10-29(11-13-30)17-6-8-25-9-7-17/h16-18,25H,4-15H2,1-3H3,(H,26,31)(H,27,34)(H,32,33)/t18-/m0/s1. The van der Waals surface area contributed by atoms with Gasteiger partial charge in [-0.3, -0.25) is 9.69 Å². The van der Waals surface area contributed by atoms with Gasteiger partial charge in [0.25, 0.3) is 5.91 Å². The summed E-state index contributed by atoms with van der Waals surface area (Å²) in [7, 11) is 0. The highest BCUT2D eigenvalue weighted by Gasteiger charge is 2.29. The molecule has 0 bridgehead atoms. The van der Waals surface area contributed by atoms with Crippen molar-refractivity contribution in [3.8, 4) is 0 Å². The number of ether oxygens (including phenoxy) is 1. The molecule has 0 spiro atoms. The maximum absolute atomic E-state index is 13.0. The van der Waals surface area contributed by atoms with Crippen molar-refractivity contribution in [2.45, 2.75) is 64.5 Å². The number of hydrogen-bond donors (Lipinski definition) is 4. The van der Waals surface area contributed by atoms with Gasteiger partial charge in [-0.05, 0) is 38.3 Å². The van der Waals surface area contributed by atoms with E-state index in [4.69, 9.17) is 9.72 Å². The van der Waals surface area contributed by atoms with E-state index in [0.717, 1.165) is 50.8 Å². The summed E-state index contributed by atoms with van der Waals surface area (Å²) in [6, 6.07) is -0.655. The van der Waals surface area contributed by atoms with Gasteiger partial charge in [-0.1, -0.05) is 38.5 Å². The molecule has 0 unspecified atom stereocenters. The third-order valence-electron chi connectivity index (χ3n) is 6.59. The lowest BCUT2D eigenvalue weighted by atomic mass is 10.0. The Labute approximate surface area is 217 Å². The molecule has 2 aliphatic rings. The minimum atomic E-state index is -1.29. The number of hydrogen-bond acceptors (Lipinski definition) is 9. The van der Waals surface area contributed by atoms with Crippen LogP contribution >= 0.6 is 11.3 Å². The fourth-order valence-electron chi connectivity index (χ4n) is 4.43. The van der Waals surface area contributed by atoms with Crippen molar-refractivity contribution in [1.82, 2.24) is 25.8 Å². The second-order valence-corrected chi connectivity index (χ2v) is 10.6. The van der Waals surface area contributed by atoms with Crippen molar-refractivity contribution in [1.29, 1.82) is 0 Å². The number of alkyl carbamates (subject to hydrolysis) is 1. The van der Waals surface area contributed by atoms with Gasteiger partial charge >= 0.3 is 12.1 Å². The van der Waals surface area contributed by atoms with Gasteiger partial charge < -0.3 is 30.7 Å². The number of piperidine rings is 1. The molecule has 202 valence electrons. The van der Waals surface area contributed by atoms with Crippen LogP contribution in [0, 0.1) is 0 Å². The van der Waals surface area contributed by atoms with E-state index < -0.39 is 18.1 Å². The lowest BCUT2D eigenvalue weighted by molar-refractivity contribution is -0.139. The first kappa shape index (κ1) is 28.1. The molecule has 1 aromatic rings. The van der Waals surface area contributed by atoms with Crippen LogP contribution in [0.3, 0.4) is 0 Å². The van der Waals surface area contributed by atoms with Crippen molar-refractivity contribution in [3.05, 3.63) is 10.6 Å². The van der Waals surface area contributed by atoms with Crippen LogP contribution in [0.25, 0.3) is 0 Å². The van der Waals surface area contributed by atoms with Crippen molar-refractivity contribution >= 4 is 34.4 Å².